The Kier molecular flexibility index (Phi) is 7.02. The lowest BCUT2D eigenvalue weighted by atomic mass is 10.0. The number of nitrogens with one attached hydrogen (secondary N) is 3. The molecule has 3 heterocycles. The van der Waals surface area contributed by atoms with Crippen molar-refractivity contribution in [3.05, 3.63) is 53.2 Å². The van der Waals surface area contributed by atoms with Crippen LogP contribution in [-0.4, -0.2) is 45.3 Å². The Balaban J connectivity index is 1.79. The van der Waals surface area contributed by atoms with E-state index in [4.69, 9.17) is 0 Å². The highest BCUT2D eigenvalue weighted by atomic mass is 32.2. The Hall–Kier alpha value is -3.84. The number of aromatic nitrogens is 4. The second-order valence-electron chi connectivity index (χ2n) is 9.25. The second kappa shape index (κ2) is 9.90. The number of sulfonamides is 1. The summed E-state index contributed by atoms with van der Waals surface area (Å²) >= 11 is 1.30. The number of amides is 2. The topological polar surface area (TPSA) is 148 Å². The lowest BCUT2D eigenvalue weighted by Crippen LogP contribution is -2.34. The second-order valence-corrected chi connectivity index (χ2v) is 12.7. The van der Waals surface area contributed by atoms with Gasteiger partial charge in [0.1, 0.15) is 0 Å². The molecule has 0 bridgehead atoms. The van der Waals surface area contributed by atoms with Crippen LogP contribution in [0.5, 0.6) is 0 Å². The van der Waals surface area contributed by atoms with Crippen molar-refractivity contribution >= 4 is 48.7 Å². The molecule has 0 saturated heterocycles. The van der Waals surface area contributed by atoms with Gasteiger partial charge in [0.15, 0.2) is 5.13 Å². The van der Waals surface area contributed by atoms with Crippen molar-refractivity contribution in [1.29, 1.82) is 0 Å². The molecule has 194 valence electrons. The average molecular weight is 542 g/mol. The maximum Gasteiger partial charge on any atom is 0.321 e. The van der Waals surface area contributed by atoms with E-state index >= 15 is 0 Å². The molecule has 37 heavy (non-hydrogen) atoms. The Morgan fingerprint density at radius 1 is 1.08 bits per heavy atom. The summed E-state index contributed by atoms with van der Waals surface area (Å²) in [5.41, 5.74) is 3.23. The molecule has 4 rings (SSSR count). The van der Waals surface area contributed by atoms with Crippen LogP contribution in [0.3, 0.4) is 0 Å². The van der Waals surface area contributed by atoms with Crippen LogP contribution in [0.4, 0.5) is 15.9 Å². The van der Waals surface area contributed by atoms with E-state index in [2.05, 4.69) is 30.3 Å². The molecule has 13 heteroatoms. The Morgan fingerprint density at radius 2 is 1.78 bits per heavy atom. The Bertz CT molecular complexity index is 1640. The summed E-state index contributed by atoms with van der Waals surface area (Å²) in [5.74, 6) is -0.0337. The monoisotopic (exact) mass is 541 g/mol. The number of nitrogens with zero attached hydrogens (tertiary/aromatic N) is 4. The smallest absolute Gasteiger partial charge is 0.321 e. The van der Waals surface area contributed by atoms with Crippen LogP contribution >= 0.6 is 11.3 Å². The number of pyridine rings is 1. The predicted octanol–water partition coefficient (Wildman–Crippen LogP) is 3.80. The first-order valence-corrected chi connectivity index (χ1v) is 13.7. The van der Waals surface area contributed by atoms with Gasteiger partial charge in [-0.1, -0.05) is 11.3 Å². The molecule has 0 aliphatic carbocycles. The SMILES string of the molecule is CCNC(=O)Nc1nc2cc(-c3cnc(NS(=O)(=O)C(C)(C)C)nc3)cc(-c3ccn(C)c(=O)c3)c2s1. The van der Waals surface area contributed by atoms with Crippen LogP contribution in [0.1, 0.15) is 27.7 Å². The van der Waals surface area contributed by atoms with E-state index in [9.17, 15) is 18.0 Å². The molecule has 0 atom stereocenters. The van der Waals surface area contributed by atoms with Gasteiger partial charge in [-0.2, -0.15) is 0 Å². The van der Waals surface area contributed by atoms with Crippen molar-refractivity contribution in [2.75, 3.05) is 16.6 Å². The quantitative estimate of drug-likeness (QED) is 0.336. The molecular weight excluding hydrogens is 514 g/mol. The van der Waals surface area contributed by atoms with Crippen molar-refractivity contribution in [2.45, 2.75) is 32.4 Å². The van der Waals surface area contributed by atoms with Gasteiger partial charge in [-0.25, -0.2) is 28.2 Å². The minimum Gasteiger partial charge on any atom is -0.338 e. The standard InChI is InChI=1S/C24H27N7O4S2/c1-6-25-22(33)29-23-28-18-10-15(9-17(20(18)36-23)14-7-8-31(5)19(32)11-14)16-12-26-21(27-13-16)30-37(34,35)24(2,3)4/h7-13H,6H2,1-5H3,(H,26,27,30)(H2,25,28,29,33). The van der Waals surface area contributed by atoms with Gasteiger partial charge in [-0.3, -0.25) is 14.8 Å². The molecule has 0 aliphatic heterocycles. The van der Waals surface area contributed by atoms with Gasteiger partial charge in [0, 0.05) is 49.4 Å². The Labute approximate surface area is 218 Å². The molecule has 0 saturated carbocycles. The third-order valence-corrected chi connectivity index (χ3v) is 8.56. The number of aryl methyl sites for hydroxylation is 1. The maximum atomic E-state index is 12.4. The van der Waals surface area contributed by atoms with E-state index in [1.165, 1.54) is 34.4 Å². The van der Waals surface area contributed by atoms with Gasteiger partial charge >= 0.3 is 6.03 Å². The number of hydrogen-bond donors (Lipinski definition) is 3. The van der Waals surface area contributed by atoms with Crippen LogP contribution < -0.4 is 20.9 Å². The van der Waals surface area contributed by atoms with Gasteiger partial charge in [-0.15, -0.1) is 0 Å². The van der Waals surface area contributed by atoms with E-state index in [0.29, 0.717) is 33.9 Å². The molecule has 0 aliphatic rings. The average Bonchev–Trinajstić information content (AvgIpc) is 3.22. The molecule has 0 spiro atoms. The van der Waals surface area contributed by atoms with Gasteiger partial charge in [0.05, 0.1) is 15.0 Å². The number of fused-ring (bicyclic) bond motifs is 1. The van der Waals surface area contributed by atoms with Crippen molar-refractivity contribution in [3.8, 4) is 22.3 Å². The van der Waals surface area contributed by atoms with E-state index in [1.54, 1.807) is 34.0 Å². The largest absolute Gasteiger partial charge is 0.338 e. The molecule has 0 fully saturated rings. The zero-order valence-corrected chi connectivity index (χ0v) is 22.6. The van der Waals surface area contributed by atoms with E-state index in [1.807, 2.05) is 25.1 Å². The van der Waals surface area contributed by atoms with Gasteiger partial charge in [0.25, 0.3) is 5.56 Å². The predicted molar refractivity (Wildman–Crippen MR) is 146 cm³/mol. The van der Waals surface area contributed by atoms with Crippen LogP contribution in [0.25, 0.3) is 32.5 Å². The van der Waals surface area contributed by atoms with Crippen LogP contribution in [0, 0.1) is 0 Å². The highest BCUT2D eigenvalue weighted by molar-refractivity contribution is 7.94. The van der Waals surface area contributed by atoms with Crippen molar-refractivity contribution in [2.24, 2.45) is 7.05 Å². The molecule has 4 aromatic rings. The lowest BCUT2D eigenvalue weighted by Gasteiger charge is -2.19. The maximum absolute atomic E-state index is 12.4. The molecular formula is C24H27N7O4S2. The lowest BCUT2D eigenvalue weighted by molar-refractivity contribution is 0.252. The molecule has 0 unspecified atom stereocenters. The molecule has 1 aromatic carbocycles. The van der Waals surface area contributed by atoms with Crippen molar-refractivity contribution < 1.29 is 13.2 Å². The zero-order chi connectivity index (χ0) is 27.0. The normalized spacial score (nSPS) is 11.9. The summed E-state index contributed by atoms with van der Waals surface area (Å²) < 4.78 is 28.5. The number of hydrogen-bond acceptors (Lipinski definition) is 8. The zero-order valence-electron chi connectivity index (χ0n) is 21.0. The molecule has 2 amide bonds. The molecule has 3 aromatic heterocycles. The minimum atomic E-state index is -3.67. The van der Waals surface area contributed by atoms with E-state index in [0.717, 1.165) is 10.3 Å². The molecule has 3 N–H and O–H groups in total. The minimum absolute atomic E-state index is 0.0337. The Morgan fingerprint density at radius 3 is 2.41 bits per heavy atom. The molecule has 11 nitrogen and oxygen atoms in total. The fraction of sp³-hybridized carbons (Fsp3) is 0.292. The fourth-order valence-electron chi connectivity index (χ4n) is 3.29. The molecule has 0 radical (unpaired) electrons. The number of thiazole rings is 1. The van der Waals surface area contributed by atoms with E-state index < -0.39 is 14.8 Å². The summed E-state index contributed by atoms with van der Waals surface area (Å²) in [4.78, 5) is 37.4. The summed E-state index contributed by atoms with van der Waals surface area (Å²) in [7, 11) is -2.00. The summed E-state index contributed by atoms with van der Waals surface area (Å²) in [6.07, 6.45) is 4.72. The van der Waals surface area contributed by atoms with Gasteiger partial charge in [0.2, 0.25) is 16.0 Å². The number of carbonyl (C=O) groups is 1. The van der Waals surface area contributed by atoms with Crippen LogP contribution in [0.2, 0.25) is 0 Å². The van der Waals surface area contributed by atoms with Crippen molar-refractivity contribution in [1.82, 2.24) is 24.8 Å². The van der Waals surface area contributed by atoms with Crippen LogP contribution in [-0.2, 0) is 17.1 Å². The van der Waals surface area contributed by atoms with Gasteiger partial charge < -0.3 is 9.88 Å². The third-order valence-electron chi connectivity index (χ3n) is 5.48. The van der Waals surface area contributed by atoms with Crippen molar-refractivity contribution in [3.63, 3.8) is 0 Å². The number of carbonyl (C=O) groups excluding carboxylic acids is 1. The third kappa shape index (κ3) is 5.62. The summed E-state index contributed by atoms with van der Waals surface area (Å²) in [6.45, 7) is 7.04. The number of urea groups is 1. The number of benzene rings is 1. The van der Waals surface area contributed by atoms with Crippen LogP contribution in [0.15, 0.2) is 47.7 Å². The first kappa shape index (κ1) is 26.2. The van der Waals surface area contributed by atoms with E-state index in [-0.39, 0.29) is 17.5 Å². The number of rotatable bonds is 6. The number of anilines is 2. The highest BCUT2D eigenvalue weighted by Gasteiger charge is 2.29. The highest BCUT2D eigenvalue weighted by Crippen LogP contribution is 2.38. The first-order chi connectivity index (χ1) is 17.4. The fourth-order valence-corrected chi connectivity index (χ4v) is 4.92. The summed E-state index contributed by atoms with van der Waals surface area (Å²) in [6, 6.07) is 6.73. The first-order valence-electron chi connectivity index (χ1n) is 11.4. The summed E-state index contributed by atoms with van der Waals surface area (Å²) in [5, 5.41) is 5.82. The van der Waals surface area contributed by atoms with Gasteiger partial charge in [-0.05, 0) is 57.0 Å².